The van der Waals surface area contributed by atoms with E-state index in [9.17, 15) is 0 Å². The molecule has 1 heterocycles. The van der Waals surface area contributed by atoms with Gasteiger partial charge in [-0.3, -0.25) is 0 Å². The zero-order valence-corrected chi connectivity index (χ0v) is 10.8. The fourth-order valence-electron chi connectivity index (χ4n) is 2.62. The molecule has 2 nitrogen and oxygen atoms in total. The molecule has 1 saturated heterocycles. The van der Waals surface area contributed by atoms with E-state index in [1.807, 2.05) is 0 Å². The molecule has 0 aliphatic carbocycles. The standard InChI is InChI=1S/C13H28N2/c1-4-6-12(3)15(5-2)11-13-7-9-14-10-8-13/h12-14H,4-11H2,1-3H3. The molecular weight excluding hydrogens is 184 g/mol. The van der Waals surface area contributed by atoms with Crippen LogP contribution in [0.2, 0.25) is 0 Å². The van der Waals surface area contributed by atoms with Crippen LogP contribution in [0.4, 0.5) is 0 Å². The summed E-state index contributed by atoms with van der Waals surface area (Å²) in [6.45, 7) is 12.0. The maximum atomic E-state index is 3.44. The summed E-state index contributed by atoms with van der Waals surface area (Å²) in [6.07, 6.45) is 5.40. The molecule has 1 aliphatic rings. The van der Waals surface area contributed by atoms with Crippen LogP contribution < -0.4 is 5.32 Å². The molecule has 2 heteroatoms. The molecule has 90 valence electrons. The van der Waals surface area contributed by atoms with E-state index in [-0.39, 0.29) is 0 Å². The minimum Gasteiger partial charge on any atom is -0.317 e. The van der Waals surface area contributed by atoms with Crippen molar-refractivity contribution in [2.45, 2.75) is 52.5 Å². The highest BCUT2D eigenvalue weighted by atomic mass is 15.1. The molecule has 0 spiro atoms. The summed E-state index contributed by atoms with van der Waals surface area (Å²) in [5.74, 6) is 0.936. The first-order valence-corrected chi connectivity index (χ1v) is 6.72. The van der Waals surface area contributed by atoms with Crippen LogP contribution in [-0.2, 0) is 0 Å². The maximum Gasteiger partial charge on any atom is 0.00668 e. The predicted octanol–water partition coefficient (Wildman–Crippen LogP) is 2.50. The van der Waals surface area contributed by atoms with Crippen LogP contribution in [0.3, 0.4) is 0 Å². The summed E-state index contributed by atoms with van der Waals surface area (Å²) in [6, 6.07) is 0.773. The molecule has 0 saturated carbocycles. The Morgan fingerprint density at radius 3 is 2.47 bits per heavy atom. The van der Waals surface area contributed by atoms with Crippen molar-refractivity contribution in [3.63, 3.8) is 0 Å². The number of nitrogens with one attached hydrogen (secondary N) is 1. The maximum absolute atomic E-state index is 3.44. The number of rotatable bonds is 6. The lowest BCUT2D eigenvalue weighted by atomic mass is 9.96. The van der Waals surface area contributed by atoms with Crippen molar-refractivity contribution in [3.05, 3.63) is 0 Å². The Hall–Kier alpha value is -0.0800. The Bertz CT molecular complexity index is 153. The van der Waals surface area contributed by atoms with E-state index >= 15 is 0 Å². The number of piperidine rings is 1. The van der Waals surface area contributed by atoms with Crippen LogP contribution in [0.1, 0.15) is 46.5 Å². The summed E-state index contributed by atoms with van der Waals surface area (Å²) >= 11 is 0. The smallest absolute Gasteiger partial charge is 0.00668 e. The van der Waals surface area contributed by atoms with Crippen LogP contribution in [0, 0.1) is 5.92 Å². The number of hydrogen-bond acceptors (Lipinski definition) is 2. The van der Waals surface area contributed by atoms with Crippen molar-refractivity contribution >= 4 is 0 Å². The largest absolute Gasteiger partial charge is 0.317 e. The summed E-state index contributed by atoms with van der Waals surface area (Å²) < 4.78 is 0. The van der Waals surface area contributed by atoms with Gasteiger partial charge in [0.25, 0.3) is 0 Å². The first-order valence-electron chi connectivity index (χ1n) is 6.72. The van der Waals surface area contributed by atoms with Crippen molar-refractivity contribution in [1.29, 1.82) is 0 Å². The normalized spacial score (nSPS) is 20.8. The molecule has 1 rings (SSSR count). The minimum atomic E-state index is 0.773. The lowest BCUT2D eigenvalue weighted by Gasteiger charge is -2.33. The minimum absolute atomic E-state index is 0.773. The first kappa shape index (κ1) is 13.0. The molecular formula is C13H28N2. The molecule has 0 aromatic carbocycles. The van der Waals surface area contributed by atoms with Crippen LogP contribution in [0.15, 0.2) is 0 Å². The molecule has 1 atom stereocenters. The highest BCUT2D eigenvalue weighted by molar-refractivity contribution is 4.74. The number of hydrogen-bond donors (Lipinski definition) is 1. The Morgan fingerprint density at radius 1 is 1.27 bits per heavy atom. The van der Waals surface area contributed by atoms with Gasteiger partial charge in [0.05, 0.1) is 0 Å². The van der Waals surface area contributed by atoms with E-state index in [1.54, 1.807) is 0 Å². The van der Waals surface area contributed by atoms with Gasteiger partial charge in [-0.1, -0.05) is 20.3 Å². The van der Waals surface area contributed by atoms with Gasteiger partial charge in [0.15, 0.2) is 0 Å². The van der Waals surface area contributed by atoms with E-state index < -0.39 is 0 Å². The van der Waals surface area contributed by atoms with E-state index in [1.165, 1.54) is 51.9 Å². The third-order valence-electron chi connectivity index (χ3n) is 3.69. The van der Waals surface area contributed by atoms with Crippen LogP contribution in [0.5, 0.6) is 0 Å². The second-order valence-electron chi connectivity index (χ2n) is 4.92. The zero-order valence-electron chi connectivity index (χ0n) is 10.8. The summed E-state index contributed by atoms with van der Waals surface area (Å²) in [7, 11) is 0. The second-order valence-corrected chi connectivity index (χ2v) is 4.92. The van der Waals surface area contributed by atoms with E-state index in [0.29, 0.717) is 0 Å². The van der Waals surface area contributed by atoms with Gasteiger partial charge in [-0.15, -0.1) is 0 Å². The monoisotopic (exact) mass is 212 g/mol. The van der Waals surface area contributed by atoms with Crippen molar-refractivity contribution in [1.82, 2.24) is 10.2 Å². The summed E-state index contributed by atoms with van der Waals surface area (Å²) in [5, 5.41) is 3.44. The van der Waals surface area contributed by atoms with E-state index in [0.717, 1.165) is 12.0 Å². The number of nitrogens with zero attached hydrogens (tertiary/aromatic N) is 1. The molecule has 1 aliphatic heterocycles. The SMILES string of the molecule is CCCC(C)N(CC)CC1CCNCC1. The van der Waals surface area contributed by atoms with Gasteiger partial charge < -0.3 is 10.2 Å². The van der Waals surface area contributed by atoms with Gasteiger partial charge in [-0.25, -0.2) is 0 Å². The van der Waals surface area contributed by atoms with Crippen molar-refractivity contribution in [3.8, 4) is 0 Å². The molecule has 1 unspecified atom stereocenters. The Kier molecular flexibility index (Phi) is 6.26. The van der Waals surface area contributed by atoms with Crippen LogP contribution >= 0.6 is 0 Å². The van der Waals surface area contributed by atoms with Crippen molar-refractivity contribution in [2.75, 3.05) is 26.2 Å². The Labute approximate surface area is 95.4 Å². The van der Waals surface area contributed by atoms with Gasteiger partial charge >= 0.3 is 0 Å². The van der Waals surface area contributed by atoms with E-state index in [2.05, 4.69) is 31.0 Å². The molecule has 0 radical (unpaired) electrons. The third-order valence-corrected chi connectivity index (χ3v) is 3.69. The van der Waals surface area contributed by atoms with Crippen molar-refractivity contribution in [2.24, 2.45) is 5.92 Å². The fraction of sp³-hybridized carbons (Fsp3) is 1.00. The molecule has 1 fully saturated rings. The lowest BCUT2D eigenvalue weighted by molar-refractivity contribution is 0.161. The van der Waals surface area contributed by atoms with Gasteiger partial charge in [0.2, 0.25) is 0 Å². The molecule has 0 bridgehead atoms. The highest BCUT2D eigenvalue weighted by Gasteiger charge is 2.18. The van der Waals surface area contributed by atoms with Crippen molar-refractivity contribution < 1.29 is 0 Å². The first-order chi connectivity index (χ1) is 7.27. The van der Waals surface area contributed by atoms with Crippen LogP contribution in [-0.4, -0.2) is 37.1 Å². The molecule has 0 amide bonds. The molecule has 0 aromatic rings. The summed E-state index contributed by atoms with van der Waals surface area (Å²) in [5.41, 5.74) is 0. The highest BCUT2D eigenvalue weighted by Crippen LogP contribution is 2.16. The van der Waals surface area contributed by atoms with E-state index in [4.69, 9.17) is 0 Å². The van der Waals surface area contributed by atoms with Gasteiger partial charge in [0.1, 0.15) is 0 Å². The zero-order chi connectivity index (χ0) is 11.1. The van der Waals surface area contributed by atoms with Gasteiger partial charge in [0, 0.05) is 12.6 Å². The Balaban J connectivity index is 2.30. The Morgan fingerprint density at radius 2 is 1.93 bits per heavy atom. The fourth-order valence-corrected chi connectivity index (χ4v) is 2.62. The second kappa shape index (κ2) is 7.24. The third kappa shape index (κ3) is 4.52. The van der Waals surface area contributed by atoms with Gasteiger partial charge in [-0.05, 0) is 51.7 Å². The van der Waals surface area contributed by atoms with Gasteiger partial charge in [-0.2, -0.15) is 0 Å². The quantitative estimate of drug-likeness (QED) is 0.728. The van der Waals surface area contributed by atoms with Crippen LogP contribution in [0.25, 0.3) is 0 Å². The average molecular weight is 212 g/mol. The molecule has 15 heavy (non-hydrogen) atoms. The topological polar surface area (TPSA) is 15.3 Å². The lowest BCUT2D eigenvalue weighted by Crippen LogP contribution is -2.40. The molecule has 1 N–H and O–H groups in total. The predicted molar refractivity (Wildman–Crippen MR) is 67.2 cm³/mol. The summed E-state index contributed by atoms with van der Waals surface area (Å²) in [4.78, 5) is 2.67. The molecule has 0 aromatic heterocycles. The average Bonchev–Trinajstić information content (AvgIpc) is 2.27.